The van der Waals surface area contributed by atoms with E-state index in [2.05, 4.69) is 265 Å². The molecule has 0 aliphatic heterocycles. The van der Waals surface area contributed by atoms with Gasteiger partial charge in [-0.15, -0.1) is 0 Å². The maximum absolute atomic E-state index is 8.97. The first-order chi connectivity index (χ1) is 39.8. The molecule has 0 fully saturated rings. The van der Waals surface area contributed by atoms with E-state index in [0.717, 1.165) is 97.8 Å². The van der Waals surface area contributed by atoms with E-state index >= 15 is 0 Å². The number of pyridine rings is 1. The second-order valence-corrected chi connectivity index (χ2v) is 22.8. The average Bonchev–Trinajstić information content (AvgIpc) is 1.88. The fourth-order valence-corrected chi connectivity index (χ4v) is 13.3. The summed E-state index contributed by atoms with van der Waals surface area (Å²) in [6.07, 6.45) is 1.74. The second-order valence-electron chi connectivity index (χ2n) is 21.8. The van der Waals surface area contributed by atoms with Crippen molar-refractivity contribution in [2.24, 2.45) is 0 Å². The SMILES string of the molecule is [2H]C([2H])([2H])c1cc(-n2c3cc(Oc4cc(-n5[c](=[Pt])n(-c6c(-c7ccccc7)cccc6-c6ccccc6)c6ccccc65)ccc4C)ccc3c3cc4c5cccc6c7ccccc7n(c4cc32)c65)ncc1-c1ccc(C(C)(C)C)cc1. The molecule has 382 valence electrons. The number of hydrogen-bond acceptors (Lipinski definition) is 2. The van der Waals surface area contributed by atoms with Crippen LogP contribution in [-0.2, 0) is 24.8 Å². The fourth-order valence-electron chi connectivity index (χ4n) is 12.2. The average molecular weight is 1200 g/mol. The van der Waals surface area contributed by atoms with Crippen molar-refractivity contribution in [3.05, 3.63) is 251 Å². The van der Waals surface area contributed by atoms with Crippen molar-refractivity contribution >= 4 is 70.9 Å². The molecule has 7 heteroatoms. The van der Waals surface area contributed by atoms with E-state index in [4.69, 9.17) is 13.8 Å². The van der Waals surface area contributed by atoms with Gasteiger partial charge in [-0.3, -0.25) is 0 Å². The Morgan fingerprint density at radius 3 is 1.76 bits per heavy atom. The van der Waals surface area contributed by atoms with Crippen LogP contribution in [0.5, 0.6) is 11.5 Å². The van der Waals surface area contributed by atoms with Crippen LogP contribution in [0.1, 0.15) is 41.6 Å². The number of benzene rings is 10. The molecular formula is C72H53N5OPt. The van der Waals surface area contributed by atoms with E-state index < -0.39 is 6.85 Å². The van der Waals surface area contributed by atoms with E-state index in [9.17, 15) is 0 Å². The molecule has 0 radical (unpaired) electrons. The summed E-state index contributed by atoms with van der Waals surface area (Å²) in [5.41, 5.74) is 17.5. The van der Waals surface area contributed by atoms with Gasteiger partial charge in [0, 0.05) is 37.4 Å². The van der Waals surface area contributed by atoms with Gasteiger partial charge in [-0.1, -0.05) is 81.4 Å². The van der Waals surface area contributed by atoms with Crippen LogP contribution in [0.25, 0.3) is 122 Å². The fraction of sp³-hybridized carbons (Fsp3) is 0.0833. The summed E-state index contributed by atoms with van der Waals surface area (Å²) in [5, 5.41) is 6.75. The van der Waals surface area contributed by atoms with E-state index in [1.165, 1.54) is 27.2 Å². The van der Waals surface area contributed by atoms with Crippen molar-refractivity contribution in [3.63, 3.8) is 0 Å². The molecule has 5 aromatic heterocycles. The zero-order valence-electron chi connectivity index (χ0n) is 46.9. The zero-order chi connectivity index (χ0) is 55.8. The van der Waals surface area contributed by atoms with Crippen molar-refractivity contribution in [2.75, 3.05) is 0 Å². The Balaban J connectivity index is 0.913. The van der Waals surface area contributed by atoms with Gasteiger partial charge in [0.05, 0.1) is 16.6 Å². The molecule has 0 atom stereocenters. The number of aryl methyl sites for hydroxylation is 2. The van der Waals surface area contributed by atoms with E-state index in [-0.39, 0.29) is 11.0 Å². The number of aromatic nitrogens is 5. The van der Waals surface area contributed by atoms with Crippen LogP contribution < -0.4 is 4.74 Å². The number of fused-ring (bicyclic) bond motifs is 10. The molecule has 0 amide bonds. The van der Waals surface area contributed by atoms with Crippen LogP contribution in [0.2, 0.25) is 0 Å². The summed E-state index contributed by atoms with van der Waals surface area (Å²) in [6, 6.07) is 78.8. The third-order valence-electron chi connectivity index (χ3n) is 16.1. The molecule has 0 N–H and O–H groups in total. The van der Waals surface area contributed by atoms with E-state index in [1.54, 1.807) is 12.3 Å². The normalized spacial score (nSPS) is 12.9. The van der Waals surface area contributed by atoms with Crippen molar-refractivity contribution in [1.82, 2.24) is 23.1 Å². The predicted molar refractivity (Wildman–Crippen MR) is 324 cm³/mol. The Bertz CT molecular complexity index is 5060. The van der Waals surface area contributed by atoms with Crippen molar-refractivity contribution in [2.45, 2.75) is 40.0 Å². The van der Waals surface area contributed by atoms with Crippen LogP contribution in [0.3, 0.4) is 0 Å². The second kappa shape index (κ2) is 18.0. The number of nitrogens with zero attached hydrogens (tertiary/aromatic N) is 5. The number of para-hydroxylation sites is 5. The van der Waals surface area contributed by atoms with Gasteiger partial charge in [0.2, 0.25) is 0 Å². The Labute approximate surface area is 472 Å². The van der Waals surface area contributed by atoms with Crippen molar-refractivity contribution in [3.8, 4) is 62.1 Å². The molecule has 5 heterocycles. The summed E-state index contributed by atoms with van der Waals surface area (Å²) in [6.45, 7) is 6.17. The molecule has 0 aliphatic rings. The van der Waals surface area contributed by atoms with Gasteiger partial charge < -0.3 is 4.40 Å². The van der Waals surface area contributed by atoms with Crippen LogP contribution in [0.15, 0.2) is 231 Å². The maximum atomic E-state index is 8.97. The summed E-state index contributed by atoms with van der Waals surface area (Å²) in [5.74, 6) is 1.84. The smallest absolute Gasteiger partial charge is 0.0579 e. The predicted octanol–water partition coefficient (Wildman–Crippen LogP) is 18.8. The van der Waals surface area contributed by atoms with E-state index in [1.807, 2.05) is 18.2 Å². The third-order valence-corrected chi connectivity index (χ3v) is 17.1. The van der Waals surface area contributed by atoms with Crippen LogP contribution >= 0.6 is 0 Å². The molecule has 0 unspecified atom stereocenters. The standard InChI is InChI=1S/C72H53N5O.Pt/c1-45-30-35-51(74-44-75(64-29-15-14-28-63(64)74)70-53(47-18-8-6-9-19-47)23-16-24-54(70)48-20-10-7-11-21-48)39-68(45)78-52-36-37-56-59-41-60-58-26-17-25-57-55-22-12-13-27-62(55)77(71(57)58)67(60)42-66(59)76(65(56)40-52)69-38-46(2)61(43-73-69)49-31-33-50(34-32-49)72(3,4)5;/h6-43H,1-5H3;/i2D3;. The van der Waals surface area contributed by atoms with E-state index in [0.29, 0.717) is 22.9 Å². The Hall–Kier alpha value is -9.09. The first-order valence-corrected chi connectivity index (χ1v) is 27.9. The first-order valence-electron chi connectivity index (χ1n) is 28.3. The minimum Gasteiger partial charge on any atom is -0.0579 e. The van der Waals surface area contributed by atoms with Gasteiger partial charge in [0.1, 0.15) is 0 Å². The van der Waals surface area contributed by atoms with Gasteiger partial charge >= 0.3 is 301 Å². The van der Waals surface area contributed by atoms with Crippen LogP contribution in [-0.4, -0.2) is 23.1 Å². The molecule has 15 aromatic rings. The first kappa shape index (κ1) is 43.9. The molecule has 0 spiro atoms. The minimum atomic E-state index is -2.44. The Morgan fingerprint density at radius 1 is 0.456 bits per heavy atom. The number of rotatable bonds is 8. The minimum absolute atomic E-state index is 0.0577. The molecule has 0 saturated carbocycles. The van der Waals surface area contributed by atoms with Crippen LogP contribution in [0, 0.1) is 17.6 Å². The number of hydrogen-bond donors (Lipinski definition) is 0. The van der Waals surface area contributed by atoms with Gasteiger partial charge in [-0.25, -0.2) is 0 Å². The molecular weight excluding hydrogens is 1150 g/mol. The van der Waals surface area contributed by atoms with Gasteiger partial charge in [0.15, 0.2) is 0 Å². The summed E-state index contributed by atoms with van der Waals surface area (Å²) in [4.78, 5) is 5.19. The van der Waals surface area contributed by atoms with Crippen LogP contribution in [0.4, 0.5) is 0 Å². The molecule has 79 heavy (non-hydrogen) atoms. The molecule has 10 aromatic carbocycles. The number of ether oxygens (including phenoxy) is 1. The molecule has 6 nitrogen and oxygen atoms in total. The monoisotopic (exact) mass is 1200 g/mol. The molecule has 0 saturated heterocycles. The summed E-state index contributed by atoms with van der Waals surface area (Å²) in [7, 11) is 0. The summed E-state index contributed by atoms with van der Waals surface area (Å²) < 4.78 is 44.2. The van der Waals surface area contributed by atoms with Gasteiger partial charge in [0.25, 0.3) is 0 Å². The zero-order valence-corrected chi connectivity index (χ0v) is 46.2. The third kappa shape index (κ3) is 7.42. The van der Waals surface area contributed by atoms with Crippen molar-refractivity contribution in [1.29, 1.82) is 0 Å². The Morgan fingerprint density at radius 2 is 1.05 bits per heavy atom. The molecule has 15 rings (SSSR count). The van der Waals surface area contributed by atoms with Gasteiger partial charge in [-0.05, 0) is 35.0 Å². The Kier molecular flexibility index (Phi) is 10.0. The topological polar surface area (TPSA) is 41.3 Å². The van der Waals surface area contributed by atoms with Crippen molar-refractivity contribution < 1.29 is 28.2 Å². The van der Waals surface area contributed by atoms with Gasteiger partial charge in [-0.2, -0.15) is 0 Å². The molecule has 0 aliphatic carbocycles. The summed E-state index contributed by atoms with van der Waals surface area (Å²) >= 11 is 2.49. The number of imidazole rings is 1. The molecule has 0 bridgehead atoms. The quantitative estimate of drug-likeness (QED) is 0.152.